The van der Waals surface area contributed by atoms with E-state index in [-0.39, 0.29) is 11.7 Å². The van der Waals surface area contributed by atoms with E-state index >= 15 is 0 Å². The molecule has 128 valence electrons. The molecule has 0 heterocycles. The van der Waals surface area contributed by atoms with Gasteiger partial charge in [-0.1, -0.05) is 18.2 Å². The SMILES string of the molecule is COc1ccc2c(c1)C(CC(=O)Cl)=C(C)/C2=C/c1ccc(SC)cc1. The Kier molecular flexibility index (Phi) is 5.36. The van der Waals surface area contributed by atoms with Crippen LogP contribution in [0.4, 0.5) is 0 Å². The van der Waals surface area contributed by atoms with Gasteiger partial charge >= 0.3 is 0 Å². The average molecular weight is 371 g/mol. The van der Waals surface area contributed by atoms with Crippen LogP contribution in [0.25, 0.3) is 17.2 Å². The van der Waals surface area contributed by atoms with Gasteiger partial charge in [-0.15, -0.1) is 11.8 Å². The number of thioether (sulfide) groups is 1. The zero-order valence-corrected chi connectivity index (χ0v) is 16.0. The van der Waals surface area contributed by atoms with Crippen LogP contribution in [0.5, 0.6) is 5.75 Å². The molecule has 25 heavy (non-hydrogen) atoms. The maximum Gasteiger partial charge on any atom is 0.226 e. The van der Waals surface area contributed by atoms with E-state index in [1.165, 1.54) is 4.90 Å². The minimum Gasteiger partial charge on any atom is -0.497 e. The lowest BCUT2D eigenvalue weighted by molar-refractivity contribution is -0.110. The van der Waals surface area contributed by atoms with Crippen molar-refractivity contribution in [2.45, 2.75) is 18.2 Å². The Labute approximate surface area is 157 Å². The molecule has 1 aliphatic carbocycles. The summed E-state index contributed by atoms with van der Waals surface area (Å²) in [4.78, 5) is 12.8. The number of methoxy groups -OCH3 is 1. The fraction of sp³-hybridized carbons (Fsp3) is 0.190. The van der Waals surface area contributed by atoms with Crippen LogP contribution in [0.1, 0.15) is 30.0 Å². The van der Waals surface area contributed by atoms with Gasteiger partial charge in [0.2, 0.25) is 5.24 Å². The van der Waals surface area contributed by atoms with Crippen LogP contribution < -0.4 is 4.74 Å². The number of halogens is 1. The molecule has 0 radical (unpaired) electrons. The monoisotopic (exact) mass is 370 g/mol. The van der Waals surface area contributed by atoms with Crippen molar-refractivity contribution in [3.63, 3.8) is 0 Å². The van der Waals surface area contributed by atoms with Gasteiger partial charge in [0.25, 0.3) is 0 Å². The summed E-state index contributed by atoms with van der Waals surface area (Å²) in [6.07, 6.45) is 4.45. The first kappa shape index (κ1) is 17.8. The van der Waals surface area contributed by atoms with Crippen LogP contribution in [0.15, 0.2) is 52.9 Å². The molecule has 0 atom stereocenters. The van der Waals surface area contributed by atoms with Gasteiger partial charge in [-0.05, 0) is 88.5 Å². The molecular weight excluding hydrogens is 352 g/mol. The Morgan fingerprint density at radius 1 is 1.16 bits per heavy atom. The fourth-order valence-corrected chi connectivity index (χ4v) is 3.66. The molecule has 0 spiro atoms. The summed E-state index contributed by atoms with van der Waals surface area (Å²) in [5.74, 6) is 0.775. The average Bonchev–Trinajstić information content (AvgIpc) is 2.87. The Bertz CT molecular complexity index is 879. The van der Waals surface area contributed by atoms with Crippen molar-refractivity contribution in [2.24, 2.45) is 0 Å². The quantitative estimate of drug-likeness (QED) is 0.484. The third kappa shape index (κ3) is 3.68. The van der Waals surface area contributed by atoms with Crippen molar-refractivity contribution in [3.8, 4) is 5.75 Å². The fourth-order valence-electron chi connectivity index (χ4n) is 3.12. The second-order valence-corrected chi connectivity index (χ2v) is 7.18. The molecule has 3 rings (SSSR count). The van der Waals surface area contributed by atoms with E-state index < -0.39 is 0 Å². The third-order valence-electron chi connectivity index (χ3n) is 4.44. The van der Waals surface area contributed by atoms with Crippen molar-refractivity contribution < 1.29 is 9.53 Å². The highest BCUT2D eigenvalue weighted by molar-refractivity contribution is 7.98. The maximum atomic E-state index is 11.5. The summed E-state index contributed by atoms with van der Waals surface area (Å²) in [7, 11) is 1.64. The molecule has 0 saturated carbocycles. The molecule has 2 aromatic carbocycles. The van der Waals surface area contributed by atoms with Gasteiger partial charge in [-0.2, -0.15) is 0 Å². The minimum atomic E-state index is -0.353. The number of ether oxygens (including phenoxy) is 1. The number of fused-ring (bicyclic) bond motifs is 1. The molecule has 0 aromatic heterocycles. The molecule has 0 fully saturated rings. The molecular formula is C21H19ClO2S. The van der Waals surface area contributed by atoms with Gasteiger partial charge in [0, 0.05) is 11.3 Å². The van der Waals surface area contributed by atoms with Gasteiger partial charge < -0.3 is 4.74 Å². The molecule has 0 aliphatic heterocycles. The highest BCUT2D eigenvalue weighted by Crippen LogP contribution is 2.45. The summed E-state index contributed by atoms with van der Waals surface area (Å²) >= 11 is 7.40. The molecule has 0 saturated heterocycles. The predicted octanol–water partition coefficient (Wildman–Crippen LogP) is 5.90. The molecule has 0 N–H and O–H groups in total. The lowest BCUT2D eigenvalue weighted by Crippen LogP contribution is -1.92. The largest absolute Gasteiger partial charge is 0.497 e. The summed E-state index contributed by atoms with van der Waals surface area (Å²) in [5, 5.41) is -0.353. The molecule has 0 amide bonds. The van der Waals surface area contributed by atoms with Crippen molar-refractivity contribution >= 4 is 45.8 Å². The first-order chi connectivity index (χ1) is 12.0. The zero-order valence-electron chi connectivity index (χ0n) is 14.4. The highest BCUT2D eigenvalue weighted by atomic mass is 35.5. The number of benzene rings is 2. The van der Waals surface area contributed by atoms with Crippen LogP contribution in [0.3, 0.4) is 0 Å². The second-order valence-electron chi connectivity index (χ2n) is 5.88. The minimum absolute atomic E-state index is 0.219. The Morgan fingerprint density at radius 3 is 2.48 bits per heavy atom. The molecule has 2 aromatic rings. The smallest absolute Gasteiger partial charge is 0.226 e. The third-order valence-corrected chi connectivity index (χ3v) is 5.32. The Hall–Kier alpha value is -1.97. The summed E-state index contributed by atoms with van der Waals surface area (Å²) in [6.45, 7) is 2.05. The number of carbonyl (C=O) groups is 1. The van der Waals surface area contributed by atoms with E-state index in [2.05, 4.69) is 36.6 Å². The maximum absolute atomic E-state index is 11.5. The van der Waals surface area contributed by atoms with Crippen LogP contribution in [0, 0.1) is 0 Å². The van der Waals surface area contributed by atoms with E-state index in [0.717, 1.165) is 39.2 Å². The summed E-state index contributed by atoms with van der Waals surface area (Å²) < 4.78 is 5.34. The van der Waals surface area contributed by atoms with Gasteiger partial charge in [0.15, 0.2) is 0 Å². The van der Waals surface area contributed by atoms with Gasteiger partial charge in [0.05, 0.1) is 7.11 Å². The number of hydrogen-bond acceptors (Lipinski definition) is 3. The van der Waals surface area contributed by atoms with Gasteiger partial charge in [-0.25, -0.2) is 0 Å². The van der Waals surface area contributed by atoms with Crippen molar-refractivity contribution in [1.29, 1.82) is 0 Å². The van der Waals surface area contributed by atoms with Crippen molar-refractivity contribution in [3.05, 3.63) is 64.7 Å². The normalized spacial score (nSPS) is 14.8. The molecule has 0 bridgehead atoms. The lowest BCUT2D eigenvalue weighted by atomic mass is 10.0. The first-order valence-corrected chi connectivity index (χ1v) is 9.56. The standard InChI is InChI=1S/C21H19ClO2S/c1-13-18(10-14-4-7-16(25-3)8-5-14)17-9-6-15(24-2)11-20(17)19(13)12-21(22)23/h4-11H,12H2,1-3H3/b18-10-. The Morgan fingerprint density at radius 2 is 1.88 bits per heavy atom. The number of rotatable bonds is 5. The summed E-state index contributed by atoms with van der Waals surface area (Å²) in [5.41, 5.74) is 6.46. The molecule has 2 nitrogen and oxygen atoms in total. The van der Waals surface area contributed by atoms with Gasteiger partial charge in [-0.3, -0.25) is 4.79 Å². The number of carbonyl (C=O) groups excluding carboxylic acids is 1. The first-order valence-electron chi connectivity index (χ1n) is 7.96. The van der Waals surface area contributed by atoms with E-state index in [1.54, 1.807) is 18.9 Å². The van der Waals surface area contributed by atoms with E-state index in [9.17, 15) is 4.79 Å². The van der Waals surface area contributed by atoms with Crippen LogP contribution in [0.2, 0.25) is 0 Å². The second kappa shape index (κ2) is 7.51. The summed E-state index contributed by atoms with van der Waals surface area (Å²) in [6, 6.07) is 14.4. The van der Waals surface area contributed by atoms with E-state index in [4.69, 9.17) is 16.3 Å². The van der Waals surface area contributed by atoms with Crippen LogP contribution in [-0.2, 0) is 4.79 Å². The van der Waals surface area contributed by atoms with Crippen molar-refractivity contribution in [2.75, 3.05) is 13.4 Å². The molecule has 0 unspecified atom stereocenters. The predicted molar refractivity (Wildman–Crippen MR) is 107 cm³/mol. The lowest BCUT2D eigenvalue weighted by Gasteiger charge is -2.07. The van der Waals surface area contributed by atoms with Gasteiger partial charge in [0.1, 0.15) is 5.75 Å². The molecule has 1 aliphatic rings. The van der Waals surface area contributed by atoms with Crippen LogP contribution in [-0.4, -0.2) is 18.6 Å². The number of hydrogen-bond donors (Lipinski definition) is 0. The van der Waals surface area contributed by atoms with Crippen molar-refractivity contribution in [1.82, 2.24) is 0 Å². The Balaban J connectivity index is 2.11. The van der Waals surface area contributed by atoms with E-state index in [0.29, 0.717) is 0 Å². The topological polar surface area (TPSA) is 26.3 Å². The zero-order chi connectivity index (χ0) is 18.0. The van der Waals surface area contributed by atoms with E-state index in [1.807, 2.05) is 25.1 Å². The molecule has 4 heteroatoms. The van der Waals surface area contributed by atoms with Crippen LogP contribution >= 0.6 is 23.4 Å². The number of allylic oxidation sites excluding steroid dienone is 3. The highest BCUT2D eigenvalue weighted by Gasteiger charge is 2.25.